The summed E-state index contributed by atoms with van der Waals surface area (Å²) in [6, 6.07) is 3.46. The first-order chi connectivity index (χ1) is 11.7. The van der Waals surface area contributed by atoms with E-state index in [1.807, 2.05) is 11.6 Å². The molecule has 1 aliphatic heterocycles. The molecule has 1 atom stereocenters. The second kappa shape index (κ2) is 7.95. The van der Waals surface area contributed by atoms with Crippen molar-refractivity contribution in [2.45, 2.75) is 51.3 Å². The summed E-state index contributed by atoms with van der Waals surface area (Å²) in [6.07, 6.45) is 2.07. The van der Waals surface area contributed by atoms with E-state index in [9.17, 15) is 22.4 Å². The Balaban J connectivity index is 2.06. The molecule has 0 aromatic heterocycles. The Morgan fingerprint density at radius 3 is 2.72 bits per heavy atom. The van der Waals surface area contributed by atoms with Gasteiger partial charge in [0.05, 0.1) is 5.75 Å². The van der Waals surface area contributed by atoms with Gasteiger partial charge >= 0.3 is 0 Å². The predicted molar refractivity (Wildman–Crippen MR) is 91.5 cm³/mol. The maximum atomic E-state index is 13.8. The van der Waals surface area contributed by atoms with E-state index < -0.39 is 33.5 Å². The number of aryl methyl sites for hydroxylation is 1. The molecule has 2 rings (SSSR count). The number of hydrogen-bond acceptors (Lipinski definition) is 4. The quantitative estimate of drug-likeness (QED) is 0.829. The standard InChI is InChI=1S/C17H23FN2O4S/c1-3-5-16(21)20-9-4-6-15(20)17(22)19-25(23,24)11-13-8-7-12(2)10-14(13)18/h7-8,10,15H,3-6,9,11H2,1-2H3,(H,19,22)/t15-/m1/s1. The minimum Gasteiger partial charge on any atom is -0.331 e. The SMILES string of the molecule is CCCC(=O)N1CCC[C@@H]1C(=O)NS(=O)(=O)Cc1ccc(C)cc1F. The molecule has 1 aromatic rings. The van der Waals surface area contributed by atoms with Gasteiger partial charge in [0.1, 0.15) is 11.9 Å². The topological polar surface area (TPSA) is 83.6 Å². The van der Waals surface area contributed by atoms with E-state index in [1.165, 1.54) is 17.0 Å². The van der Waals surface area contributed by atoms with E-state index in [2.05, 4.69) is 0 Å². The van der Waals surface area contributed by atoms with Crippen molar-refractivity contribution in [1.29, 1.82) is 0 Å². The van der Waals surface area contributed by atoms with Crippen molar-refractivity contribution >= 4 is 21.8 Å². The minimum absolute atomic E-state index is 0.00348. The van der Waals surface area contributed by atoms with Crippen LogP contribution in [0.25, 0.3) is 0 Å². The maximum Gasteiger partial charge on any atom is 0.256 e. The number of nitrogens with zero attached hydrogens (tertiary/aromatic N) is 1. The number of benzene rings is 1. The van der Waals surface area contributed by atoms with Crippen molar-refractivity contribution in [3.05, 3.63) is 35.1 Å². The van der Waals surface area contributed by atoms with Crippen molar-refractivity contribution in [1.82, 2.24) is 9.62 Å². The van der Waals surface area contributed by atoms with E-state index in [0.29, 0.717) is 37.8 Å². The smallest absolute Gasteiger partial charge is 0.256 e. The molecule has 0 radical (unpaired) electrons. The lowest BCUT2D eigenvalue weighted by molar-refractivity contribution is -0.137. The third kappa shape index (κ3) is 5.01. The average molecular weight is 370 g/mol. The van der Waals surface area contributed by atoms with E-state index >= 15 is 0 Å². The maximum absolute atomic E-state index is 13.8. The molecule has 2 amide bonds. The van der Waals surface area contributed by atoms with Gasteiger partial charge in [0.2, 0.25) is 15.9 Å². The number of carbonyl (C=O) groups is 2. The van der Waals surface area contributed by atoms with Gasteiger partial charge in [-0.25, -0.2) is 12.8 Å². The van der Waals surface area contributed by atoms with E-state index in [4.69, 9.17) is 0 Å². The number of halogens is 1. The van der Waals surface area contributed by atoms with Gasteiger partial charge < -0.3 is 4.90 Å². The van der Waals surface area contributed by atoms with E-state index in [0.717, 1.165) is 0 Å². The van der Waals surface area contributed by atoms with Crippen LogP contribution in [0.3, 0.4) is 0 Å². The Bertz CT molecular complexity index is 764. The molecule has 1 heterocycles. The number of sulfonamides is 1. The Morgan fingerprint density at radius 1 is 1.36 bits per heavy atom. The van der Waals surface area contributed by atoms with Gasteiger partial charge in [0.25, 0.3) is 5.91 Å². The first kappa shape index (κ1) is 19.4. The highest BCUT2D eigenvalue weighted by molar-refractivity contribution is 7.89. The summed E-state index contributed by atoms with van der Waals surface area (Å²) in [7, 11) is -4.05. The molecule has 0 spiro atoms. The molecule has 0 bridgehead atoms. The Kier molecular flexibility index (Phi) is 6.16. The molecular formula is C17H23FN2O4S. The van der Waals surface area contributed by atoms with Crippen LogP contribution in [-0.2, 0) is 25.4 Å². The molecule has 0 saturated carbocycles. The number of hydrogen-bond donors (Lipinski definition) is 1. The first-order valence-electron chi connectivity index (χ1n) is 8.32. The van der Waals surface area contributed by atoms with Crippen LogP contribution >= 0.6 is 0 Å². The lowest BCUT2D eigenvalue weighted by atomic mass is 10.2. The summed E-state index contributed by atoms with van der Waals surface area (Å²) in [5.74, 6) is -2.13. The van der Waals surface area contributed by atoms with Crippen molar-refractivity contribution in [2.24, 2.45) is 0 Å². The molecule has 1 N–H and O–H groups in total. The number of amides is 2. The van der Waals surface area contributed by atoms with Crippen LogP contribution in [0.5, 0.6) is 0 Å². The van der Waals surface area contributed by atoms with Gasteiger partial charge in [0, 0.05) is 18.5 Å². The fraction of sp³-hybridized carbons (Fsp3) is 0.529. The second-order valence-electron chi connectivity index (χ2n) is 6.32. The van der Waals surface area contributed by atoms with E-state index in [-0.39, 0.29) is 11.5 Å². The Hall–Kier alpha value is -1.96. The zero-order chi connectivity index (χ0) is 18.6. The fourth-order valence-corrected chi connectivity index (χ4v) is 4.09. The number of carbonyl (C=O) groups excluding carboxylic acids is 2. The molecule has 1 aromatic carbocycles. The van der Waals surface area contributed by atoms with Crippen molar-refractivity contribution in [3.63, 3.8) is 0 Å². The van der Waals surface area contributed by atoms with E-state index in [1.54, 1.807) is 13.0 Å². The summed E-state index contributed by atoms with van der Waals surface area (Å²) in [5.41, 5.74) is 0.676. The zero-order valence-electron chi connectivity index (χ0n) is 14.4. The van der Waals surface area contributed by atoms with Crippen LogP contribution in [0.15, 0.2) is 18.2 Å². The number of rotatable bonds is 6. The fourth-order valence-electron chi connectivity index (χ4n) is 2.93. The van der Waals surface area contributed by atoms with Crippen LogP contribution in [-0.4, -0.2) is 37.7 Å². The summed E-state index contributed by atoms with van der Waals surface area (Å²) >= 11 is 0. The van der Waals surface area contributed by atoms with Crippen LogP contribution in [0.2, 0.25) is 0 Å². The lowest BCUT2D eigenvalue weighted by Gasteiger charge is -2.23. The number of nitrogens with one attached hydrogen (secondary N) is 1. The van der Waals surface area contributed by atoms with Gasteiger partial charge in [-0.15, -0.1) is 0 Å². The summed E-state index contributed by atoms with van der Waals surface area (Å²) in [4.78, 5) is 25.8. The molecule has 25 heavy (non-hydrogen) atoms. The van der Waals surface area contributed by atoms with Crippen LogP contribution < -0.4 is 4.72 Å². The molecule has 0 unspecified atom stereocenters. The third-order valence-corrected chi connectivity index (χ3v) is 5.35. The molecule has 1 fully saturated rings. The molecule has 6 nitrogen and oxygen atoms in total. The Labute approximate surface area is 147 Å². The molecular weight excluding hydrogens is 347 g/mol. The van der Waals surface area contributed by atoms with Crippen LogP contribution in [0, 0.1) is 12.7 Å². The van der Waals surface area contributed by atoms with Crippen molar-refractivity contribution in [2.75, 3.05) is 6.54 Å². The van der Waals surface area contributed by atoms with Gasteiger partial charge in [-0.05, 0) is 37.8 Å². The van der Waals surface area contributed by atoms with Crippen LogP contribution in [0.1, 0.15) is 43.7 Å². The highest BCUT2D eigenvalue weighted by atomic mass is 32.2. The third-order valence-electron chi connectivity index (χ3n) is 4.15. The highest BCUT2D eigenvalue weighted by Gasteiger charge is 2.35. The molecule has 138 valence electrons. The first-order valence-corrected chi connectivity index (χ1v) is 9.97. The van der Waals surface area contributed by atoms with Gasteiger partial charge in [-0.3, -0.25) is 14.3 Å². The molecule has 8 heteroatoms. The number of likely N-dealkylation sites (tertiary alicyclic amines) is 1. The predicted octanol–water partition coefficient (Wildman–Crippen LogP) is 1.87. The average Bonchev–Trinajstić information content (AvgIpc) is 2.99. The van der Waals surface area contributed by atoms with Crippen molar-refractivity contribution < 1.29 is 22.4 Å². The summed E-state index contributed by atoms with van der Waals surface area (Å²) in [5, 5.41) is 0. The van der Waals surface area contributed by atoms with Crippen molar-refractivity contribution in [3.8, 4) is 0 Å². The Morgan fingerprint density at radius 2 is 2.08 bits per heavy atom. The lowest BCUT2D eigenvalue weighted by Crippen LogP contribution is -2.47. The summed E-state index contributed by atoms with van der Waals surface area (Å²) in [6.45, 7) is 4.01. The van der Waals surface area contributed by atoms with Gasteiger partial charge in [-0.2, -0.15) is 0 Å². The molecule has 0 aliphatic carbocycles. The monoisotopic (exact) mass is 370 g/mol. The van der Waals surface area contributed by atoms with Gasteiger partial charge in [-0.1, -0.05) is 19.1 Å². The summed E-state index contributed by atoms with van der Waals surface area (Å²) < 4.78 is 40.2. The zero-order valence-corrected chi connectivity index (χ0v) is 15.2. The molecule has 1 saturated heterocycles. The van der Waals surface area contributed by atoms with Crippen LogP contribution in [0.4, 0.5) is 4.39 Å². The van der Waals surface area contributed by atoms with Gasteiger partial charge in [0.15, 0.2) is 0 Å². The minimum atomic E-state index is -4.05. The molecule has 1 aliphatic rings. The normalized spacial score (nSPS) is 17.6. The largest absolute Gasteiger partial charge is 0.331 e. The second-order valence-corrected chi connectivity index (χ2v) is 8.04. The highest BCUT2D eigenvalue weighted by Crippen LogP contribution is 2.20.